The number of halogens is 3. The lowest BCUT2D eigenvalue weighted by atomic mass is 9.93. The summed E-state index contributed by atoms with van der Waals surface area (Å²) in [6.45, 7) is 0. The summed E-state index contributed by atoms with van der Waals surface area (Å²) in [5.41, 5.74) is 3.31. The Morgan fingerprint density at radius 2 is 1.86 bits per heavy atom. The number of hydrogen-bond donors (Lipinski definition) is 2. The van der Waals surface area contributed by atoms with Gasteiger partial charge in [-0.1, -0.05) is 51.8 Å². The van der Waals surface area contributed by atoms with Crippen molar-refractivity contribution in [2.24, 2.45) is 4.99 Å². The van der Waals surface area contributed by atoms with Crippen molar-refractivity contribution in [2.75, 3.05) is 0 Å². The molecule has 1 aliphatic rings. The van der Waals surface area contributed by atoms with E-state index >= 15 is 0 Å². The Morgan fingerprint density at radius 3 is 2.61 bits per heavy atom. The van der Waals surface area contributed by atoms with Crippen LogP contribution in [0, 0.1) is 5.82 Å². The Kier molecular flexibility index (Phi) is 5.49. The van der Waals surface area contributed by atoms with Crippen LogP contribution in [0.15, 0.2) is 76.2 Å². The fraction of sp³-hybridized carbons (Fsp3) is 0.136. The van der Waals surface area contributed by atoms with Gasteiger partial charge in [-0.2, -0.15) is 0 Å². The first-order valence-corrected chi connectivity index (χ1v) is 9.99. The summed E-state index contributed by atoms with van der Waals surface area (Å²) >= 11 is 9.49. The van der Waals surface area contributed by atoms with Crippen molar-refractivity contribution in [1.29, 1.82) is 0 Å². The first kappa shape index (κ1) is 19.1. The first-order chi connectivity index (χ1) is 13.5. The number of phenols is 1. The highest BCUT2D eigenvalue weighted by molar-refractivity contribution is 9.10. The molecule has 1 aliphatic heterocycles. The van der Waals surface area contributed by atoms with Gasteiger partial charge in [0.2, 0.25) is 0 Å². The van der Waals surface area contributed by atoms with E-state index in [2.05, 4.69) is 21.2 Å². The predicted octanol–water partition coefficient (Wildman–Crippen LogP) is 6.17. The molecule has 3 nitrogen and oxygen atoms in total. The number of aromatic hydroxyl groups is 1. The van der Waals surface area contributed by atoms with E-state index in [1.807, 2.05) is 36.4 Å². The largest absolute Gasteiger partial charge is 0.508 e. The van der Waals surface area contributed by atoms with Crippen LogP contribution in [-0.2, 0) is 0 Å². The minimum atomic E-state index is -0.432. The van der Waals surface area contributed by atoms with Gasteiger partial charge in [-0.05, 0) is 53.6 Å². The van der Waals surface area contributed by atoms with Gasteiger partial charge < -0.3 is 5.11 Å². The van der Waals surface area contributed by atoms with Crippen LogP contribution in [0.25, 0.3) is 0 Å². The van der Waals surface area contributed by atoms with E-state index < -0.39 is 6.17 Å². The molecule has 1 heterocycles. The second-order valence-corrected chi connectivity index (χ2v) is 8.02. The molecule has 2 N–H and O–H groups in total. The van der Waals surface area contributed by atoms with E-state index in [4.69, 9.17) is 16.6 Å². The summed E-state index contributed by atoms with van der Waals surface area (Å²) in [5, 5.41) is 14.5. The molecule has 0 saturated carbocycles. The van der Waals surface area contributed by atoms with E-state index in [1.165, 1.54) is 12.1 Å². The number of phenolic OH excluding ortho intramolecular Hbond substituents is 1. The number of benzene rings is 3. The average Bonchev–Trinajstić information content (AvgIpc) is 2.70. The molecule has 0 aliphatic carbocycles. The van der Waals surface area contributed by atoms with Gasteiger partial charge in [-0.3, -0.25) is 10.3 Å². The Labute approximate surface area is 176 Å². The number of hydrogen-bond acceptors (Lipinski definition) is 3. The fourth-order valence-corrected chi connectivity index (χ4v) is 3.88. The molecule has 0 saturated heterocycles. The molecule has 6 heteroatoms. The lowest BCUT2D eigenvalue weighted by molar-refractivity contribution is 0.411. The quantitative estimate of drug-likeness (QED) is 0.492. The summed E-state index contributed by atoms with van der Waals surface area (Å²) in [6.07, 6.45) is 0.149. The monoisotopic (exact) mass is 458 g/mol. The Morgan fingerprint density at radius 1 is 1.07 bits per heavy atom. The molecule has 0 amide bonds. The number of nitrogens with zero attached hydrogens (tertiary/aromatic N) is 1. The van der Waals surface area contributed by atoms with Crippen molar-refractivity contribution >= 4 is 33.2 Å². The molecule has 3 aromatic carbocycles. The second-order valence-electron chi connectivity index (χ2n) is 6.67. The summed E-state index contributed by atoms with van der Waals surface area (Å²) < 4.78 is 14.7. The molecule has 0 fully saturated rings. The lowest BCUT2D eigenvalue weighted by Gasteiger charge is -2.31. The summed E-state index contributed by atoms with van der Waals surface area (Å²) in [5.74, 6) is -0.106. The SMILES string of the molecule is Oc1ccc(Br)cc1[C@@H]1CC(c2ccc(Cl)cc2)=N[C@@H](c2cccc(F)c2)N1. The topological polar surface area (TPSA) is 44.6 Å². The van der Waals surface area contributed by atoms with Gasteiger partial charge in [0.15, 0.2) is 0 Å². The Bertz CT molecular complexity index is 1040. The van der Waals surface area contributed by atoms with Crippen LogP contribution in [0.4, 0.5) is 4.39 Å². The number of nitrogens with one attached hydrogen (secondary N) is 1. The third-order valence-corrected chi connectivity index (χ3v) is 5.49. The third-order valence-electron chi connectivity index (χ3n) is 4.75. The summed E-state index contributed by atoms with van der Waals surface area (Å²) in [6, 6.07) is 19.0. The maximum Gasteiger partial charge on any atom is 0.126 e. The molecular weight excluding hydrogens is 443 g/mol. The molecule has 0 radical (unpaired) electrons. The highest BCUT2D eigenvalue weighted by Gasteiger charge is 2.28. The van der Waals surface area contributed by atoms with Crippen molar-refractivity contribution in [1.82, 2.24) is 5.32 Å². The van der Waals surface area contributed by atoms with Crippen LogP contribution < -0.4 is 5.32 Å². The molecule has 28 heavy (non-hydrogen) atoms. The smallest absolute Gasteiger partial charge is 0.126 e. The maximum atomic E-state index is 13.8. The van der Waals surface area contributed by atoms with Gasteiger partial charge in [0.1, 0.15) is 17.7 Å². The summed E-state index contributed by atoms with van der Waals surface area (Å²) in [4.78, 5) is 4.82. The van der Waals surface area contributed by atoms with E-state index in [-0.39, 0.29) is 17.6 Å². The van der Waals surface area contributed by atoms with E-state index in [1.54, 1.807) is 18.2 Å². The zero-order valence-corrected chi connectivity index (χ0v) is 17.1. The highest BCUT2D eigenvalue weighted by Crippen LogP contribution is 2.36. The standard InChI is InChI=1S/C22H17BrClFN2O/c23-15-6-9-21(28)18(11-15)20-12-19(13-4-7-16(24)8-5-13)26-22(27-20)14-2-1-3-17(25)10-14/h1-11,20,22,27-28H,12H2/t20-,22+/m0/s1. The van der Waals surface area contributed by atoms with E-state index in [9.17, 15) is 9.50 Å². The Balaban J connectivity index is 1.77. The molecule has 142 valence electrons. The van der Waals surface area contributed by atoms with Crippen molar-refractivity contribution in [2.45, 2.75) is 18.6 Å². The van der Waals surface area contributed by atoms with Gasteiger partial charge in [0.25, 0.3) is 0 Å². The number of aliphatic imine (C=N–C) groups is 1. The fourth-order valence-electron chi connectivity index (χ4n) is 3.37. The first-order valence-electron chi connectivity index (χ1n) is 8.82. The predicted molar refractivity (Wildman–Crippen MR) is 113 cm³/mol. The number of rotatable bonds is 3. The van der Waals surface area contributed by atoms with Gasteiger partial charge in [-0.15, -0.1) is 0 Å². The van der Waals surface area contributed by atoms with Crippen molar-refractivity contribution in [3.05, 3.63) is 98.7 Å². The van der Waals surface area contributed by atoms with Crippen molar-refractivity contribution in [3.63, 3.8) is 0 Å². The third kappa shape index (κ3) is 4.12. The van der Waals surface area contributed by atoms with E-state index in [0.29, 0.717) is 11.4 Å². The van der Waals surface area contributed by atoms with Crippen molar-refractivity contribution in [3.8, 4) is 5.75 Å². The molecule has 0 aromatic heterocycles. The maximum absolute atomic E-state index is 13.8. The van der Waals surface area contributed by atoms with Gasteiger partial charge in [-0.25, -0.2) is 4.39 Å². The van der Waals surface area contributed by atoms with Gasteiger partial charge >= 0.3 is 0 Å². The summed E-state index contributed by atoms with van der Waals surface area (Å²) in [7, 11) is 0. The van der Waals surface area contributed by atoms with Crippen LogP contribution in [0.1, 0.15) is 35.3 Å². The zero-order chi connectivity index (χ0) is 19.7. The van der Waals surface area contributed by atoms with Crippen LogP contribution in [0.5, 0.6) is 5.75 Å². The normalized spacial score (nSPS) is 19.3. The molecule has 4 rings (SSSR count). The highest BCUT2D eigenvalue weighted by atomic mass is 79.9. The van der Waals surface area contributed by atoms with Crippen LogP contribution in [0.3, 0.4) is 0 Å². The minimum Gasteiger partial charge on any atom is -0.508 e. The van der Waals surface area contributed by atoms with Crippen LogP contribution in [-0.4, -0.2) is 10.8 Å². The lowest BCUT2D eigenvalue weighted by Crippen LogP contribution is -2.33. The zero-order valence-electron chi connectivity index (χ0n) is 14.7. The molecule has 0 bridgehead atoms. The average molecular weight is 460 g/mol. The molecular formula is C22H17BrClFN2O. The van der Waals surface area contributed by atoms with E-state index in [0.717, 1.165) is 26.9 Å². The van der Waals surface area contributed by atoms with Crippen LogP contribution >= 0.6 is 27.5 Å². The van der Waals surface area contributed by atoms with Crippen molar-refractivity contribution < 1.29 is 9.50 Å². The van der Waals surface area contributed by atoms with Gasteiger partial charge in [0.05, 0.1) is 0 Å². The Hall–Kier alpha value is -2.21. The van der Waals surface area contributed by atoms with Gasteiger partial charge in [0, 0.05) is 33.2 Å². The molecule has 3 aromatic rings. The molecule has 0 spiro atoms. The van der Waals surface area contributed by atoms with Crippen LogP contribution in [0.2, 0.25) is 5.02 Å². The second kappa shape index (κ2) is 8.03. The molecule has 0 unspecified atom stereocenters. The minimum absolute atomic E-state index is 0.186. The molecule has 2 atom stereocenters.